The molecule has 246 valence electrons. The number of fused-ring (bicyclic) bond motifs is 1. The molecule has 0 amide bonds. The molecule has 0 saturated carbocycles. The minimum Gasteiger partial charge on any atom is -0.497 e. The Kier molecular flexibility index (Phi) is 7.95. The smallest absolute Gasteiger partial charge is 0.269 e. The molecule has 0 radical (unpaired) electrons. The lowest BCUT2D eigenvalue weighted by atomic mass is 9.75. The van der Waals surface area contributed by atoms with Crippen LogP contribution in [0.5, 0.6) is 23.0 Å². The molecule has 0 unspecified atom stereocenters. The van der Waals surface area contributed by atoms with E-state index < -0.39 is 4.92 Å². The van der Waals surface area contributed by atoms with Crippen molar-refractivity contribution in [3.63, 3.8) is 0 Å². The normalized spacial score (nSPS) is 16.2. The Morgan fingerprint density at radius 1 is 0.673 bits per heavy atom. The van der Waals surface area contributed by atoms with Crippen molar-refractivity contribution in [3.05, 3.63) is 142 Å². The Balaban J connectivity index is 1.15. The third kappa shape index (κ3) is 5.91. The van der Waals surface area contributed by atoms with E-state index in [2.05, 4.69) is 56.1 Å². The molecular weight excluding hydrogens is 614 g/mol. The zero-order valence-corrected chi connectivity index (χ0v) is 28.1. The Morgan fingerprint density at radius 3 is 1.84 bits per heavy atom. The third-order valence-electron chi connectivity index (χ3n) is 9.63. The quantitative estimate of drug-likeness (QED) is 0.123. The number of benzene rings is 5. The van der Waals surface area contributed by atoms with Gasteiger partial charge in [-0.05, 0) is 113 Å². The highest BCUT2D eigenvalue weighted by Crippen LogP contribution is 2.53. The second-order valence-corrected chi connectivity index (χ2v) is 13.3. The molecule has 1 aromatic heterocycles. The van der Waals surface area contributed by atoms with E-state index in [9.17, 15) is 10.1 Å². The second-order valence-electron chi connectivity index (χ2n) is 13.3. The number of nitrogens with one attached hydrogen (secondary N) is 1. The standard InChI is InChI=1S/C41H37N3O5/c1-40(2)25-41(3,36-24-34(48-5)22-23-35(36)40)29-12-20-33(21-13-29)49-32-18-10-27(11-19-32)38-37(26-8-16-31(47-4)17-9-26)42-39(43-38)28-6-14-30(15-7-28)44(45)46/h6-24H,25H2,1-5H3,(H,42,43)/t41-/m0/s1. The zero-order valence-electron chi connectivity index (χ0n) is 28.1. The summed E-state index contributed by atoms with van der Waals surface area (Å²) >= 11 is 0. The van der Waals surface area contributed by atoms with Crippen molar-refractivity contribution >= 4 is 5.69 Å². The van der Waals surface area contributed by atoms with E-state index in [-0.39, 0.29) is 16.5 Å². The van der Waals surface area contributed by atoms with Crippen LogP contribution in [0.25, 0.3) is 33.9 Å². The summed E-state index contributed by atoms with van der Waals surface area (Å²) in [5.74, 6) is 3.69. The summed E-state index contributed by atoms with van der Waals surface area (Å²) in [4.78, 5) is 19.2. The van der Waals surface area contributed by atoms with Gasteiger partial charge >= 0.3 is 0 Å². The van der Waals surface area contributed by atoms with Gasteiger partial charge in [0.25, 0.3) is 5.69 Å². The molecule has 7 rings (SSSR count). The molecule has 1 N–H and O–H groups in total. The molecule has 0 saturated heterocycles. The van der Waals surface area contributed by atoms with Crippen molar-refractivity contribution in [2.75, 3.05) is 14.2 Å². The van der Waals surface area contributed by atoms with Gasteiger partial charge in [-0.25, -0.2) is 4.98 Å². The molecule has 1 aliphatic carbocycles. The molecule has 0 fully saturated rings. The minimum atomic E-state index is -0.411. The topological polar surface area (TPSA) is 99.5 Å². The number of hydrogen-bond acceptors (Lipinski definition) is 6. The summed E-state index contributed by atoms with van der Waals surface area (Å²) in [5.41, 5.74) is 7.98. The number of nitro groups is 1. The first-order valence-corrected chi connectivity index (χ1v) is 16.1. The molecule has 49 heavy (non-hydrogen) atoms. The number of ether oxygens (including phenoxy) is 3. The Morgan fingerprint density at radius 2 is 1.22 bits per heavy atom. The molecule has 1 atom stereocenters. The predicted molar refractivity (Wildman–Crippen MR) is 192 cm³/mol. The molecule has 1 heterocycles. The zero-order chi connectivity index (χ0) is 34.3. The number of hydrogen-bond donors (Lipinski definition) is 1. The van der Waals surface area contributed by atoms with Crippen LogP contribution in [0.3, 0.4) is 0 Å². The van der Waals surface area contributed by atoms with Crippen LogP contribution < -0.4 is 14.2 Å². The lowest BCUT2D eigenvalue weighted by molar-refractivity contribution is -0.384. The van der Waals surface area contributed by atoms with Crippen molar-refractivity contribution in [3.8, 4) is 56.9 Å². The van der Waals surface area contributed by atoms with E-state index in [4.69, 9.17) is 19.2 Å². The highest BCUT2D eigenvalue weighted by Gasteiger charge is 2.45. The van der Waals surface area contributed by atoms with Crippen LogP contribution in [0, 0.1) is 10.1 Å². The average Bonchev–Trinajstić information content (AvgIpc) is 3.65. The maximum atomic E-state index is 11.2. The van der Waals surface area contributed by atoms with Gasteiger partial charge in [-0.2, -0.15) is 0 Å². The number of methoxy groups -OCH3 is 2. The highest BCUT2D eigenvalue weighted by atomic mass is 16.6. The number of rotatable bonds is 9. The number of nitrogens with zero attached hydrogens (tertiary/aromatic N) is 2. The number of non-ortho nitro benzene ring substituents is 1. The van der Waals surface area contributed by atoms with Gasteiger partial charge in [-0.3, -0.25) is 10.1 Å². The maximum absolute atomic E-state index is 11.2. The van der Waals surface area contributed by atoms with Crippen molar-refractivity contribution in [2.24, 2.45) is 0 Å². The van der Waals surface area contributed by atoms with Crippen molar-refractivity contribution in [1.29, 1.82) is 0 Å². The molecule has 0 bridgehead atoms. The molecule has 8 nitrogen and oxygen atoms in total. The van der Waals surface area contributed by atoms with E-state index in [0.717, 1.165) is 51.7 Å². The fraction of sp³-hybridized carbons (Fsp3) is 0.195. The summed E-state index contributed by atoms with van der Waals surface area (Å²) in [7, 11) is 3.35. The number of H-pyrrole nitrogens is 1. The van der Waals surface area contributed by atoms with Gasteiger partial charge in [0, 0.05) is 34.2 Å². The third-order valence-corrected chi connectivity index (χ3v) is 9.63. The van der Waals surface area contributed by atoms with Crippen LogP contribution in [0.4, 0.5) is 5.69 Å². The monoisotopic (exact) mass is 651 g/mol. The van der Waals surface area contributed by atoms with E-state index in [1.165, 1.54) is 28.8 Å². The average molecular weight is 652 g/mol. The van der Waals surface area contributed by atoms with E-state index in [0.29, 0.717) is 11.6 Å². The molecular formula is C41H37N3O5. The van der Waals surface area contributed by atoms with Crippen LogP contribution in [-0.2, 0) is 10.8 Å². The summed E-state index contributed by atoms with van der Waals surface area (Å²) in [5, 5.41) is 11.2. The van der Waals surface area contributed by atoms with Gasteiger partial charge in [0.05, 0.1) is 30.5 Å². The number of aromatic nitrogens is 2. The van der Waals surface area contributed by atoms with Crippen molar-refractivity contribution in [1.82, 2.24) is 9.97 Å². The van der Waals surface area contributed by atoms with E-state index >= 15 is 0 Å². The SMILES string of the molecule is COc1ccc(-c2nc(-c3ccc([N+](=O)[O-])cc3)[nH]c2-c2ccc(Oc3ccc([C@]4(C)CC(C)(C)c5ccc(OC)cc54)cc3)cc2)cc1. The number of nitro benzene ring substituents is 1. The second kappa shape index (κ2) is 12.3. The predicted octanol–water partition coefficient (Wildman–Crippen LogP) is 10.1. The van der Waals surface area contributed by atoms with Crippen molar-refractivity contribution < 1.29 is 19.1 Å². The lowest BCUT2D eigenvalue weighted by Gasteiger charge is -2.28. The summed E-state index contributed by atoms with van der Waals surface area (Å²) in [6, 6.07) is 36.8. The largest absolute Gasteiger partial charge is 0.497 e. The van der Waals surface area contributed by atoms with E-state index in [1.54, 1.807) is 26.4 Å². The Labute approximate surface area is 285 Å². The van der Waals surface area contributed by atoms with Crippen molar-refractivity contribution in [2.45, 2.75) is 38.0 Å². The molecule has 0 spiro atoms. The molecule has 8 heteroatoms. The Bertz CT molecular complexity index is 2130. The first kappa shape index (κ1) is 31.7. The summed E-state index contributed by atoms with van der Waals surface area (Å²) in [6.07, 6.45) is 1.00. The van der Waals surface area contributed by atoms with Crippen LogP contribution in [0.15, 0.2) is 115 Å². The molecule has 1 aliphatic rings. The fourth-order valence-corrected chi connectivity index (χ4v) is 7.16. The first-order chi connectivity index (χ1) is 23.6. The van der Waals surface area contributed by atoms with Gasteiger partial charge in [0.15, 0.2) is 0 Å². The van der Waals surface area contributed by atoms with Gasteiger partial charge in [0.1, 0.15) is 28.8 Å². The molecule has 0 aliphatic heterocycles. The van der Waals surface area contributed by atoms with Gasteiger partial charge < -0.3 is 19.2 Å². The van der Waals surface area contributed by atoms with Crippen LogP contribution in [0.2, 0.25) is 0 Å². The van der Waals surface area contributed by atoms with Gasteiger partial charge in [-0.15, -0.1) is 0 Å². The first-order valence-electron chi connectivity index (χ1n) is 16.1. The van der Waals surface area contributed by atoms with Crippen LogP contribution in [0.1, 0.15) is 43.9 Å². The van der Waals surface area contributed by atoms with E-state index in [1.807, 2.05) is 60.7 Å². The Hall–Kier alpha value is -5.89. The highest BCUT2D eigenvalue weighted by molar-refractivity contribution is 5.81. The fourth-order valence-electron chi connectivity index (χ4n) is 7.16. The number of imidazole rings is 1. The lowest BCUT2D eigenvalue weighted by Crippen LogP contribution is -2.23. The van der Waals surface area contributed by atoms with Crippen LogP contribution >= 0.6 is 0 Å². The maximum Gasteiger partial charge on any atom is 0.269 e. The van der Waals surface area contributed by atoms with Crippen LogP contribution in [-0.4, -0.2) is 29.1 Å². The summed E-state index contributed by atoms with van der Waals surface area (Å²) in [6.45, 7) is 6.94. The summed E-state index contributed by atoms with van der Waals surface area (Å²) < 4.78 is 17.2. The molecule has 6 aromatic rings. The van der Waals surface area contributed by atoms with Gasteiger partial charge in [-0.1, -0.05) is 39.0 Å². The van der Waals surface area contributed by atoms with Gasteiger partial charge in [0.2, 0.25) is 0 Å². The molecule has 5 aromatic carbocycles. The minimum absolute atomic E-state index is 0.0267. The number of aromatic amines is 1.